The molecule has 2 rings (SSSR count). The number of nitrogens with one attached hydrogen (secondary N) is 1. The second-order valence-electron chi connectivity index (χ2n) is 5.21. The van der Waals surface area contributed by atoms with Crippen LogP contribution in [0.4, 0.5) is 0 Å². The first-order valence-corrected chi connectivity index (χ1v) is 4.62. The van der Waals surface area contributed by atoms with E-state index in [2.05, 4.69) is 44.9 Å². The van der Waals surface area contributed by atoms with Crippen molar-refractivity contribution in [1.82, 2.24) is 4.98 Å². The van der Waals surface area contributed by atoms with Crippen molar-refractivity contribution in [3.8, 4) is 0 Å². The summed E-state index contributed by atoms with van der Waals surface area (Å²) in [5.41, 5.74) is 3.64. The quantitative estimate of drug-likeness (QED) is 0.605. The molecule has 0 aromatic carbocycles. The standard InChI is InChI=1S/C11H17N/c1-10(2)7-11(3,4)9-8(10)5-6-12-9/h5-6,12H,7H2,1-4H3. The molecule has 1 aliphatic carbocycles. The van der Waals surface area contributed by atoms with Crippen molar-refractivity contribution in [2.45, 2.75) is 44.9 Å². The lowest BCUT2D eigenvalue weighted by Crippen LogP contribution is -2.18. The zero-order valence-electron chi connectivity index (χ0n) is 8.36. The van der Waals surface area contributed by atoms with E-state index in [0.717, 1.165) is 0 Å². The summed E-state index contributed by atoms with van der Waals surface area (Å²) < 4.78 is 0. The molecule has 0 saturated heterocycles. The van der Waals surface area contributed by atoms with Crippen molar-refractivity contribution in [3.63, 3.8) is 0 Å². The molecule has 0 unspecified atom stereocenters. The zero-order chi connectivity index (χ0) is 8.98. The maximum atomic E-state index is 3.36. The lowest BCUT2D eigenvalue weighted by molar-refractivity contribution is 0.398. The lowest BCUT2D eigenvalue weighted by atomic mass is 9.82. The average molecular weight is 163 g/mol. The lowest BCUT2D eigenvalue weighted by Gasteiger charge is -2.22. The van der Waals surface area contributed by atoms with Crippen LogP contribution in [0.2, 0.25) is 0 Å². The molecule has 0 aliphatic heterocycles. The third-order valence-corrected chi connectivity index (χ3v) is 3.04. The van der Waals surface area contributed by atoms with Gasteiger partial charge in [-0.3, -0.25) is 0 Å². The van der Waals surface area contributed by atoms with Crippen LogP contribution in [0.1, 0.15) is 45.4 Å². The smallest absolute Gasteiger partial charge is 0.0242 e. The van der Waals surface area contributed by atoms with Crippen molar-refractivity contribution in [1.29, 1.82) is 0 Å². The van der Waals surface area contributed by atoms with Gasteiger partial charge in [-0.1, -0.05) is 27.7 Å². The minimum atomic E-state index is 0.336. The fourth-order valence-electron chi connectivity index (χ4n) is 2.78. The Labute approximate surface area is 74.2 Å². The van der Waals surface area contributed by atoms with Gasteiger partial charge in [-0.2, -0.15) is 0 Å². The van der Waals surface area contributed by atoms with Gasteiger partial charge in [0.2, 0.25) is 0 Å². The molecule has 1 aromatic rings. The van der Waals surface area contributed by atoms with Gasteiger partial charge in [-0.15, -0.1) is 0 Å². The van der Waals surface area contributed by atoms with Crippen LogP contribution in [-0.2, 0) is 10.8 Å². The van der Waals surface area contributed by atoms with Gasteiger partial charge >= 0.3 is 0 Å². The van der Waals surface area contributed by atoms with E-state index in [1.165, 1.54) is 17.7 Å². The molecular formula is C11H17N. The molecule has 0 spiro atoms. The molecule has 66 valence electrons. The number of hydrogen-bond acceptors (Lipinski definition) is 0. The van der Waals surface area contributed by atoms with Gasteiger partial charge in [-0.05, 0) is 23.5 Å². The highest BCUT2D eigenvalue weighted by Crippen LogP contribution is 2.48. The topological polar surface area (TPSA) is 15.8 Å². The first-order chi connectivity index (χ1) is 5.43. The molecular weight excluding hydrogens is 146 g/mol. The zero-order valence-corrected chi connectivity index (χ0v) is 8.36. The van der Waals surface area contributed by atoms with Gasteiger partial charge in [0, 0.05) is 17.3 Å². The summed E-state index contributed by atoms with van der Waals surface area (Å²) in [7, 11) is 0. The molecule has 0 saturated carbocycles. The van der Waals surface area contributed by atoms with E-state index in [1.807, 2.05) is 0 Å². The van der Waals surface area contributed by atoms with Gasteiger partial charge < -0.3 is 4.98 Å². The maximum Gasteiger partial charge on any atom is 0.0242 e. The van der Waals surface area contributed by atoms with Crippen molar-refractivity contribution in [3.05, 3.63) is 23.5 Å². The van der Waals surface area contributed by atoms with Crippen molar-refractivity contribution < 1.29 is 0 Å². The van der Waals surface area contributed by atoms with Crippen molar-refractivity contribution in [2.75, 3.05) is 0 Å². The monoisotopic (exact) mass is 163 g/mol. The molecule has 1 N–H and O–H groups in total. The fraction of sp³-hybridized carbons (Fsp3) is 0.636. The van der Waals surface area contributed by atoms with Crippen molar-refractivity contribution in [2.24, 2.45) is 0 Å². The van der Waals surface area contributed by atoms with Crippen LogP contribution < -0.4 is 0 Å². The van der Waals surface area contributed by atoms with Crippen LogP contribution >= 0.6 is 0 Å². The van der Waals surface area contributed by atoms with Crippen LogP contribution in [-0.4, -0.2) is 4.98 Å². The number of rotatable bonds is 0. The van der Waals surface area contributed by atoms with Gasteiger partial charge in [0.15, 0.2) is 0 Å². The Kier molecular flexibility index (Phi) is 1.29. The number of fused-ring (bicyclic) bond motifs is 1. The Balaban J connectivity index is 2.60. The third kappa shape index (κ3) is 0.855. The summed E-state index contributed by atoms with van der Waals surface area (Å²) in [6.45, 7) is 9.29. The van der Waals surface area contributed by atoms with Crippen LogP contribution in [0.5, 0.6) is 0 Å². The predicted octanol–water partition coefficient (Wildman–Crippen LogP) is 2.97. The van der Waals surface area contributed by atoms with E-state index in [0.29, 0.717) is 10.8 Å². The largest absolute Gasteiger partial charge is 0.364 e. The third-order valence-electron chi connectivity index (χ3n) is 3.04. The van der Waals surface area contributed by atoms with E-state index < -0.39 is 0 Å². The fourth-order valence-corrected chi connectivity index (χ4v) is 2.78. The highest BCUT2D eigenvalue weighted by molar-refractivity contribution is 5.40. The van der Waals surface area contributed by atoms with E-state index >= 15 is 0 Å². The van der Waals surface area contributed by atoms with Crippen LogP contribution in [0.3, 0.4) is 0 Å². The average Bonchev–Trinajstić information content (AvgIpc) is 2.34. The summed E-state index contributed by atoms with van der Waals surface area (Å²) >= 11 is 0. The van der Waals surface area contributed by atoms with Crippen LogP contribution in [0.15, 0.2) is 12.3 Å². The summed E-state index contributed by atoms with van der Waals surface area (Å²) in [4.78, 5) is 3.36. The van der Waals surface area contributed by atoms with E-state index in [4.69, 9.17) is 0 Å². The molecule has 0 radical (unpaired) electrons. The molecule has 12 heavy (non-hydrogen) atoms. The number of aromatic nitrogens is 1. The summed E-state index contributed by atoms with van der Waals surface area (Å²) in [5.74, 6) is 0. The predicted molar refractivity (Wildman–Crippen MR) is 51.5 cm³/mol. The molecule has 1 heteroatoms. The summed E-state index contributed by atoms with van der Waals surface area (Å²) in [6.07, 6.45) is 3.31. The molecule has 0 fully saturated rings. The molecule has 0 atom stereocenters. The normalized spacial score (nSPS) is 24.0. The van der Waals surface area contributed by atoms with E-state index in [-0.39, 0.29) is 0 Å². The van der Waals surface area contributed by atoms with Crippen molar-refractivity contribution >= 4 is 0 Å². The van der Waals surface area contributed by atoms with Crippen LogP contribution in [0.25, 0.3) is 0 Å². The van der Waals surface area contributed by atoms with E-state index in [1.54, 1.807) is 0 Å². The molecule has 0 amide bonds. The number of hydrogen-bond donors (Lipinski definition) is 1. The first kappa shape index (κ1) is 7.90. The summed E-state index contributed by atoms with van der Waals surface area (Å²) in [5, 5.41) is 0. The maximum absolute atomic E-state index is 3.36. The molecule has 0 bridgehead atoms. The molecule has 1 aliphatic rings. The first-order valence-electron chi connectivity index (χ1n) is 4.62. The molecule has 1 heterocycles. The Morgan fingerprint density at radius 2 is 1.83 bits per heavy atom. The van der Waals surface area contributed by atoms with Crippen LogP contribution in [0, 0.1) is 0 Å². The Morgan fingerprint density at radius 1 is 1.17 bits per heavy atom. The Hall–Kier alpha value is -0.720. The number of aromatic amines is 1. The van der Waals surface area contributed by atoms with Gasteiger partial charge in [0.25, 0.3) is 0 Å². The second kappa shape index (κ2) is 1.95. The second-order valence-corrected chi connectivity index (χ2v) is 5.21. The SMILES string of the molecule is CC1(C)CC(C)(C)c2[nH]ccc21. The Morgan fingerprint density at radius 3 is 2.42 bits per heavy atom. The highest BCUT2D eigenvalue weighted by Gasteiger charge is 2.42. The van der Waals surface area contributed by atoms with Gasteiger partial charge in [0.1, 0.15) is 0 Å². The minimum absolute atomic E-state index is 0.336. The van der Waals surface area contributed by atoms with Gasteiger partial charge in [0.05, 0.1) is 0 Å². The molecule has 1 aromatic heterocycles. The van der Waals surface area contributed by atoms with Gasteiger partial charge in [-0.25, -0.2) is 0 Å². The van der Waals surface area contributed by atoms with E-state index in [9.17, 15) is 0 Å². The Bertz CT molecular complexity index is 276. The highest BCUT2D eigenvalue weighted by atomic mass is 14.7. The number of H-pyrrole nitrogens is 1. The summed E-state index contributed by atoms with van der Waals surface area (Å²) in [6, 6.07) is 2.23. The molecule has 1 nitrogen and oxygen atoms in total. The minimum Gasteiger partial charge on any atom is -0.364 e.